The molecule has 0 saturated carbocycles. The average Bonchev–Trinajstić information content (AvgIpc) is 3.18. The molecule has 0 saturated heterocycles. The largest absolute Gasteiger partial charge is 0.454 e. The highest BCUT2D eigenvalue weighted by atomic mass is 35.5. The lowest BCUT2D eigenvalue weighted by molar-refractivity contribution is -0.136. The van der Waals surface area contributed by atoms with Crippen LogP contribution in [0.4, 0.5) is 0 Å². The van der Waals surface area contributed by atoms with E-state index < -0.39 is 28.0 Å². The van der Waals surface area contributed by atoms with Crippen LogP contribution in [-0.2, 0) is 26.2 Å². The molecule has 0 atom stereocenters. The number of carbonyl (C=O) groups is 2. The standard InChI is InChI=1S/C22H26ClN3O6S/c1-22(2,3)25-20(27)13-26(12-15-4-9-18-19(10-15)32-14-31-18)21(28)11-24-33(29,30)17-7-5-16(23)6-8-17/h4-10,24H,11-14H2,1-3H3,(H,25,27). The van der Waals surface area contributed by atoms with E-state index in [2.05, 4.69) is 10.0 Å². The molecule has 0 bridgehead atoms. The summed E-state index contributed by atoms with van der Waals surface area (Å²) in [6, 6.07) is 10.8. The van der Waals surface area contributed by atoms with Crippen LogP contribution in [0.1, 0.15) is 26.3 Å². The molecule has 2 N–H and O–H groups in total. The molecule has 2 amide bonds. The molecule has 2 aromatic carbocycles. The number of fused-ring (bicyclic) bond motifs is 1. The Bertz CT molecular complexity index is 1130. The summed E-state index contributed by atoms with van der Waals surface area (Å²) >= 11 is 5.81. The Morgan fingerprint density at radius 3 is 2.39 bits per heavy atom. The predicted molar refractivity (Wildman–Crippen MR) is 123 cm³/mol. The fourth-order valence-corrected chi connectivity index (χ4v) is 4.19. The summed E-state index contributed by atoms with van der Waals surface area (Å²) in [6.45, 7) is 4.92. The van der Waals surface area contributed by atoms with Crippen LogP contribution >= 0.6 is 11.6 Å². The topological polar surface area (TPSA) is 114 Å². The molecule has 1 heterocycles. The molecule has 3 rings (SSSR count). The van der Waals surface area contributed by atoms with Gasteiger partial charge in [-0.05, 0) is 62.7 Å². The van der Waals surface area contributed by atoms with Gasteiger partial charge in [-0.3, -0.25) is 9.59 Å². The zero-order chi connectivity index (χ0) is 24.2. The van der Waals surface area contributed by atoms with Crippen molar-refractivity contribution in [1.82, 2.24) is 14.9 Å². The van der Waals surface area contributed by atoms with E-state index in [9.17, 15) is 18.0 Å². The van der Waals surface area contributed by atoms with E-state index in [1.807, 2.05) is 20.8 Å². The Morgan fingerprint density at radius 2 is 1.73 bits per heavy atom. The molecule has 0 aliphatic carbocycles. The lowest BCUT2D eigenvalue weighted by Gasteiger charge is -2.26. The SMILES string of the molecule is CC(C)(C)NC(=O)CN(Cc1ccc2c(c1)OCO2)C(=O)CNS(=O)(=O)c1ccc(Cl)cc1. The van der Waals surface area contributed by atoms with Gasteiger partial charge < -0.3 is 19.7 Å². The van der Waals surface area contributed by atoms with Crippen molar-refractivity contribution in [3.63, 3.8) is 0 Å². The van der Waals surface area contributed by atoms with Gasteiger partial charge in [-0.2, -0.15) is 0 Å². The third-order valence-electron chi connectivity index (χ3n) is 4.55. The number of hydrogen-bond acceptors (Lipinski definition) is 6. The fourth-order valence-electron chi connectivity index (χ4n) is 3.09. The molecule has 33 heavy (non-hydrogen) atoms. The molecule has 1 aliphatic heterocycles. The van der Waals surface area contributed by atoms with Gasteiger partial charge in [0.25, 0.3) is 0 Å². The first-order valence-corrected chi connectivity index (χ1v) is 12.0. The monoisotopic (exact) mass is 495 g/mol. The molecule has 2 aromatic rings. The molecule has 0 radical (unpaired) electrons. The maximum Gasteiger partial charge on any atom is 0.241 e. The second kappa shape index (κ2) is 9.98. The number of hydrogen-bond donors (Lipinski definition) is 2. The van der Waals surface area contributed by atoms with E-state index in [1.165, 1.54) is 29.2 Å². The molecule has 0 unspecified atom stereocenters. The molecule has 9 nitrogen and oxygen atoms in total. The van der Waals surface area contributed by atoms with Crippen molar-refractivity contribution in [1.29, 1.82) is 0 Å². The Morgan fingerprint density at radius 1 is 1.06 bits per heavy atom. The summed E-state index contributed by atoms with van der Waals surface area (Å²) in [4.78, 5) is 26.7. The molecular weight excluding hydrogens is 470 g/mol. The minimum absolute atomic E-state index is 0.0208. The summed E-state index contributed by atoms with van der Waals surface area (Å²) in [7, 11) is -3.94. The van der Waals surface area contributed by atoms with E-state index in [1.54, 1.807) is 18.2 Å². The molecule has 0 aromatic heterocycles. The zero-order valence-electron chi connectivity index (χ0n) is 18.6. The lowest BCUT2D eigenvalue weighted by Crippen LogP contribution is -2.48. The highest BCUT2D eigenvalue weighted by Gasteiger charge is 2.24. The van der Waals surface area contributed by atoms with Crippen molar-refractivity contribution >= 4 is 33.4 Å². The summed E-state index contributed by atoms with van der Waals surface area (Å²) in [5.74, 6) is 0.215. The Kier molecular flexibility index (Phi) is 7.51. The Hall–Kier alpha value is -2.82. The second-order valence-corrected chi connectivity index (χ2v) is 10.7. The first kappa shape index (κ1) is 24.8. The van der Waals surface area contributed by atoms with Gasteiger partial charge in [0.15, 0.2) is 11.5 Å². The number of carbonyl (C=O) groups excluding carboxylic acids is 2. The molecule has 11 heteroatoms. The maximum atomic E-state index is 13.0. The normalized spacial score (nSPS) is 13.0. The molecule has 0 spiro atoms. The average molecular weight is 496 g/mol. The van der Waals surface area contributed by atoms with Crippen molar-refractivity contribution in [3.8, 4) is 11.5 Å². The van der Waals surface area contributed by atoms with Crippen molar-refractivity contribution in [2.24, 2.45) is 0 Å². The smallest absolute Gasteiger partial charge is 0.241 e. The maximum absolute atomic E-state index is 13.0. The van der Waals surface area contributed by atoms with Crippen LogP contribution in [0, 0.1) is 0 Å². The van der Waals surface area contributed by atoms with Crippen LogP contribution in [-0.4, -0.2) is 50.6 Å². The Labute approximate surface area is 198 Å². The van der Waals surface area contributed by atoms with Crippen LogP contribution in [0.2, 0.25) is 5.02 Å². The van der Waals surface area contributed by atoms with Gasteiger partial charge in [-0.1, -0.05) is 17.7 Å². The summed E-state index contributed by atoms with van der Waals surface area (Å²) in [5.41, 5.74) is 0.220. The van der Waals surface area contributed by atoms with Crippen molar-refractivity contribution in [2.45, 2.75) is 37.8 Å². The van der Waals surface area contributed by atoms with Gasteiger partial charge in [0, 0.05) is 17.1 Å². The predicted octanol–water partition coefficient (Wildman–Crippen LogP) is 2.29. The summed E-state index contributed by atoms with van der Waals surface area (Å²) in [6.07, 6.45) is 0. The van der Waals surface area contributed by atoms with Gasteiger partial charge in [0.1, 0.15) is 0 Å². The van der Waals surface area contributed by atoms with E-state index in [0.29, 0.717) is 22.1 Å². The van der Waals surface area contributed by atoms with Gasteiger partial charge in [0.05, 0.1) is 18.0 Å². The highest BCUT2D eigenvalue weighted by molar-refractivity contribution is 7.89. The molecule has 178 valence electrons. The number of benzene rings is 2. The van der Waals surface area contributed by atoms with E-state index in [-0.39, 0.29) is 30.7 Å². The minimum atomic E-state index is -3.94. The number of sulfonamides is 1. The quantitative estimate of drug-likeness (QED) is 0.580. The van der Waals surface area contributed by atoms with Crippen molar-refractivity contribution < 1.29 is 27.5 Å². The van der Waals surface area contributed by atoms with Crippen molar-refractivity contribution in [3.05, 3.63) is 53.1 Å². The van der Waals surface area contributed by atoms with Gasteiger partial charge in [-0.15, -0.1) is 0 Å². The van der Waals surface area contributed by atoms with Crippen LogP contribution in [0.25, 0.3) is 0 Å². The number of rotatable bonds is 8. The number of halogens is 1. The van der Waals surface area contributed by atoms with E-state index >= 15 is 0 Å². The summed E-state index contributed by atoms with van der Waals surface area (Å²) in [5, 5.41) is 3.20. The van der Waals surface area contributed by atoms with Gasteiger partial charge in [0.2, 0.25) is 28.6 Å². The minimum Gasteiger partial charge on any atom is -0.454 e. The number of ether oxygens (including phenoxy) is 2. The fraction of sp³-hybridized carbons (Fsp3) is 0.364. The first-order chi connectivity index (χ1) is 15.4. The summed E-state index contributed by atoms with van der Waals surface area (Å²) < 4.78 is 38.0. The molecule has 0 fully saturated rings. The number of amides is 2. The van der Waals surface area contributed by atoms with E-state index in [0.717, 1.165) is 0 Å². The van der Waals surface area contributed by atoms with Crippen LogP contribution in [0.5, 0.6) is 11.5 Å². The highest BCUT2D eigenvalue weighted by Crippen LogP contribution is 2.32. The van der Waals surface area contributed by atoms with Gasteiger partial charge >= 0.3 is 0 Å². The van der Waals surface area contributed by atoms with Crippen LogP contribution < -0.4 is 19.5 Å². The number of nitrogens with zero attached hydrogens (tertiary/aromatic N) is 1. The third kappa shape index (κ3) is 7.08. The van der Waals surface area contributed by atoms with Crippen molar-refractivity contribution in [2.75, 3.05) is 19.9 Å². The molecule has 1 aliphatic rings. The number of nitrogens with one attached hydrogen (secondary N) is 2. The van der Waals surface area contributed by atoms with Crippen LogP contribution in [0.3, 0.4) is 0 Å². The lowest BCUT2D eigenvalue weighted by atomic mass is 10.1. The van der Waals surface area contributed by atoms with Gasteiger partial charge in [-0.25, -0.2) is 13.1 Å². The zero-order valence-corrected chi connectivity index (χ0v) is 20.1. The first-order valence-electron chi connectivity index (χ1n) is 10.2. The van der Waals surface area contributed by atoms with E-state index in [4.69, 9.17) is 21.1 Å². The third-order valence-corrected chi connectivity index (χ3v) is 6.22. The second-order valence-electron chi connectivity index (χ2n) is 8.51. The van der Waals surface area contributed by atoms with Crippen LogP contribution in [0.15, 0.2) is 47.4 Å². The molecular formula is C22H26ClN3O6S. The Balaban J connectivity index is 1.73.